The molecule has 132 valence electrons. The van der Waals surface area contributed by atoms with E-state index in [-0.39, 0.29) is 41.2 Å². The molecule has 1 aromatic carbocycles. The van der Waals surface area contributed by atoms with Gasteiger partial charge in [-0.25, -0.2) is 18.7 Å². The van der Waals surface area contributed by atoms with E-state index in [1.54, 1.807) is 0 Å². The fraction of sp³-hybridized carbons (Fsp3) is 0.312. The van der Waals surface area contributed by atoms with Gasteiger partial charge in [-0.1, -0.05) is 13.0 Å². The molecule has 0 fully saturated rings. The first kappa shape index (κ1) is 17.4. The van der Waals surface area contributed by atoms with Crippen LogP contribution in [0.3, 0.4) is 0 Å². The normalized spacial score (nSPS) is 14.7. The molecule has 0 radical (unpaired) electrons. The van der Waals surface area contributed by atoms with Gasteiger partial charge in [0.05, 0.1) is 23.8 Å². The maximum absolute atomic E-state index is 13.9. The number of hydrogen-bond donors (Lipinski definition) is 1. The molecule has 6 nitrogen and oxygen atoms in total. The van der Waals surface area contributed by atoms with Crippen molar-refractivity contribution in [3.63, 3.8) is 0 Å². The molecule has 1 unspecified atom stereocenters. The fourth-order valence-corrected chi connectivity index (χ4v) is 3.53. The zero-order valence-corrected chi connectivity index (χ0v) is 14.3. The molecule has 0 spiro atoms. The second kappa shape index (κ2) is 6.83. The number of carbonyl (C=O) groups is 1. The summed E-state index contributed by atoms with van der Waals surface area (Å²) < 4.78 is 39.1. The lowest BCUT2D eigenvalue weighted by Gasteiger charge is -2.17. The van der Waals surface area contributed by atoms with Crippen LogP contribution in [0.4, 0.5) is 20.4 Å². The molecule has 1 aliphatic heterocycles. The minimum atomic E-state index is -1.43. The number of benzene rings is 1. The number of nitrogen functional groups attached to an aromatic ring is 1. The molecule has 1 amide bonds. The number of amides is 1. The average Bonchev–Trinajstić information content (AvgIpc) is 2.87. The molecule has 0 bridgehead atoms. The average molecular weight is 366 g/mol. The van der Waals surface area contributed by atoms with Gasteiger partial charge in [0.15, 0.2) is 0 Å². The van der Waals surface area contributed by atoms with E-state index in [0.717, 1.165) is 12.1 Å². The van der Waals surface area contributed by atoms with Crippen molar-refractivity contribution in [2.24, 2.45) is 0 Å². The first-order valence-electron chi connectivity index (χ1n) is 7.69. The van der Waals surface area contributed by atoms with Gasteiger partial charge in [0.1, 0.15) is 23.3 Å². The Morgan fingerprint density at radius 1 is 1.32 bits per heavy atom. The predicted octanol–water partition coefficient (Wildman–Crippen LogP) is 1.94. The van der Waals surface area contributed by atoms with Gasteiger partial charge in [0, 0.05) is 22.9 Å². The first-order valence-corrected chi connectivity index (χ1v) is 9.01. The van der Waals surface area contributed by atoms with Gasteiger partial charge in [0.2, 0.25) is 11.1 Å². The van der Waals surface area contributed by atoms with E-state index in [0.29, 0.717) is 17.7 Å². The molecule has 3 rings (SSSR count). The van der Waals surface area contributed by atoms with Gasteiger partial charge in [-0.2, -0.15) is 0 Å². The Hall–Kier alpha value is -2.42. The Balaban J connectivity index is 1.98. The number of fused-ring (bicyclic) bond motifs is 1. The van der Waals surface area contributed by atoms with Crippen molar-refractivity contribution in [2.75, 3.05) is 16.4 Å². The SMILES string of the molecule is CCCS(=O)c1nc(N)c2c(n1)N(Cc1ccc(F)cc1F)C(=O)C2. The number of aromatic nitrogens is 2. The van der Waals surface area contributed by atoms with Gasteiger partial charge in [-0.15, -0.1) is 0 Å². The molecule has 2 heterocycles. The minimum absolute atomic E-state index is 0.00925. The highest BCUT2D eigenvalue weighted by molar-refractivity contribution is 7.84. The van der Waals surface area contributed by atoms with Gasteiger partial charge in [-0.05, 0) is 12.5 Å². The Labute approximate surface area is 145 Å². The quantitative estimate of drug-likeness (QED) is 0.817. The van der Waals surface area contributed by atoms with E-state index in [1.807, 2.05) is 6.92 Å². The summed E-state index contributed by atoms with van der Waals surface area (Å²) in [4.78, 5) is 21.8. The van der Waals surface area contributed by atoms with Crippen LogP contribution in [0.15, 0.2) is 23.4 Å². The standard InChI is InChI=1S/C16H16F2N4O2S/c1-2-5-25(24)16-20-14(19)11-7-13(23)22(15(11)21-16)8-9-3-4-10(17)6-12(9)18/h3-4,6H,2,5,7-8H2,1H3,(H2,19,20,21). The topological polar surface area (TPSA) is 89.2 Å². The van der Waals surface area contributed by atoms with Crippen LogP contribution in [0, 0.1) is 11.6 Å². The summed E-state index contributed by atoms with van der Waals surface area (Å²) in [5.41, 5.74) is 6.47. The second-order valence-corrected chi connectivity index (χ2v) is 7.10. The van der Waals surface area contributed by atoms with Gasteiger partial charge < -0.3 is 5.73 Å². The van der Waals surface area contributed by atoms with Crippen LogP contribution in [0.25, 0.3) is 0 Å². The molecular weight excluding hydrogens is 350 g/mol. The molecule has 1 aliphatic rings. The summed E-state index contributed by atoms with van der Waals surface area (Å²) >= 11 is 0. The number of hydrogen-bond acceptors (Lipinski definition) is 5. The molecule has 25 heavy (non-hydrogen) atoms. The van der Waals surface area contributed by atoms with Crippen molar-refractivity contribution in [1.82, 2.24) is 9.97 Å². The van der Waals surface area contributed by atoms with Crippen LogP contribution in [-0.4, -0.2) is 25.8 Å². The van der Waals surface area contributed by atoms with E-state index in [9.17, 15) is 17.8 Å². The molecule has 0 saturated carbocycles. The van der Waals surface area contributed by atoms with Crippen molar-refractivity contribution in [2.45, 2.75) is 31.5 Å². The van der Waals surface area contributed by atoms with E-state index in [2.05, 4.69) is 9.97 Å². The molecule has 2 aromatic rings. The third-order valence-corrected chi connectivity index (χ3v) is 5.19. The maximum Gasteiger partial charge on any atom is 0.233 e. The minimum Gasteiger partial charge on any atom is -0.383 e. The van der Waals surface area contributed by atoms with Crippen LogP contribution in [-0.2, 0) is 28.6 Å². The fourth-order valence-electron chi connectivity index (χ4n) is 2.59. The molecule has 1 aromatic heterocycles. The highest BCUT2D eigenvalue weighted by atomic mass is 32.2. The van der Waals surface area contributed by atoms with Crippen molar-refractivity contribution in [3.05, 3.63) is 41.0 Å². The van der Waals surface area contributed by atoms with E-state index in [4.69, 9.17) is 5.73 Å². The largest absolute Gasteiger partial charge is 0.383 e. The second-order valence-electron chi connectivity index (χ2n) is 5.64. The van der Waals surface area contributed by atoms with Crippen LogP contribution in [0.2, 0.25) is 0 Å². The lowest BCUT2D eigenvalue weighted by atomic mass is 10.2. The highest BCUT2D eigenvalue weighted by Crippen LogP contribution is 2.32. The van der Waals surface area contributed by atoms with Gasteiger partial charge >= 0.3 is 0 Å². The van der Waals surface area contributed by atoms with Crippen LogP contribution >= 0.6 is 0 Å². The molecular formula is C16H16F2N4O2S. The summed E-state index contributed by atoms with van der Waals surface area (Å²) in [5.74, 6) is -1.06. The van der Waals surface area contributed by atoms with E-state index >= 15 is 0 Å². The third-order valence-electron chi connectivity index (χ3n) is 3.82. The summed E-state index contributed by atoms with van der Waals surface area (Å²) in [6.07, 6.45) is 0.668. The van der Waals surface area contributed by atoms with Crippen LogP contribution in [0.5, 0.6) is 0 Å². The Bertz CT molecular complexity index is 875. The summed E-state index contributed by atoms with van der Waals surface area (Å²) in [5, 5.41) is 0.0531. The summed E-state index contributed by atoms with van der Waals surface area (Å²) in [6, 6.07) is 3.15. The Kier molecular flexibility index (Phi) is 4.76. The molecule has 9 heteroatoms. The zero-order valence-electron chi connectivity index (χ0n) is 13.5. The third kappa shape index (κ3) is 3.37. The van der Waals surface area contributed by atoms with Crippen molar-refractivity contribution in [3.8, 4) is 0 Å². The van der Waals surface area contributed by atoms with E-state index < -0.39 is 22.4 Å². The van der Waals surface area contributed by atoms with Gasteiger partial charge in [-0.3, -0.25) is 13.9 Å². The van der Waals surface area contributed by atoms with E-state index in [1.165, 1.54) is 11.0 Å². The van der Waals surface area contributed by atoms with Crippen molar-refractivity contribution < 1.29 is 17.8 Å². The summed E-state index contributed by atoms with van der Waals surface area (Å²) in [6.45, 7) is 1.76. The molecule has 0 saturated heterocycles. The number of nitrogens with two attached hydrogens (primary N) is 1. The smallest absolute Gasteiger partial charge is 0.233 e. The van der Waals surface area contributed by atoms with Crippen LogP contribution in [0.1, 0.15) is 24.5 Å². The molecule has 1 atom stereocenters. The highest BCUT2D eigenvalue weighted by Gasteiger charge is 2.33. The Morgan fingerprint density at radius 3 is 2.76 bits per heavy atom. The number of rotatable bonds is 5. The van der Waals surface area contributed by atoms with Gasteiger partial charge in [0.25, 0.3) is 0 Å². The molecule has 0 aliphatic carbocycles. The van der Waals surface area contributed by atoms with Crippen molar-refractivity contribution in [1.29, 1.82) is 0 Å². The van der Waals surface area contributed by atoms with Crippen LogP contribution < -0.4 is 10.6 Å². The Morgan fingerprint density at radius 2 is 2.08 bits per heavy atom. The monoisotopic (exact) mass is 366 g/mol. The number of anilines is 2. The number of nitrogens with zero attached hydrogens (tertiary/aromatic N) is 3. The summed E-state index contributed by atoms with van der Waals surface area (Å²) in [7, 11) is -1.43. The zero-order chi connectivity index (χ0) is 18.1. The lowest BCUT2D eigenvalue weighted by Crippen LogP contribution is -2.27. The predicted molar refractivity (Wildman–Crippen MR) is 89.3 cm³/mol. The lowest BCUT2D eigenvalue weighted by molar-refractivity contribution is -0.117. The van der Waals surface area contributed by atoms with Crippen molar-refractivity contribution >= 4 is 28.3 Å². The maximum atomic E-state index is 13.9. The number of halogens is 2. The first-order chi connectivity index (χ1) is 11.9. The molecule has 2 N–H and O–H groups in total. The number of carbonyl (C=O) groups excluding carboxylic acids is 1.